The van der Waals surface area contributed by atoms with Gasteiger partial charge in [-0.1, -0.05) is 35.1 Å². The molecule has 28 heavy (non-hydrogen) atoms. The maximum atomic E-state index is 12.5. The average Bonchev–Trinajstić information content (AvgIpc) is 3.28. The normalized spacial score (nSPS) is 11.0. The Morgan fingerprint density at radius 2 is 1.96 bits per heavy atom. The number of hydrogen-bond donors (Lipinski definition) is 1. The maximum Gasteiger partial charge on any atom is 0.277 e. The molecule has 0 radical (unpaired) electrons. The molecule has 0 aliphatic carbocycles. The van der Waals surface area contributed by atoms with Crippen molar-refractivity contribution in [1.82, 2.24) is 14.8 Å². The molecule has 0 bridgehead atoms. The molecule has 2 aromatic carbocycles. The van der Waals surface area contributed by atoms with Crippen LogP contribution in [-0.2, 0) is 6.73 Å². The van der Waals surface area contributed by atoms with E-state index in [0.29, 0.717) is 15.9 Å². The van der Waals surface area contributed by atoms with Crippen molar-refractivity contribution in [3.8, 4) is 5.75 Å². The van der Waals surface area contributed by atoms with Gasteiger partial charge in [-0.15, -0.1) is 0 Å². The van der Waals surface area contributed by atoms with Crippen molar-refractivity contribution in [3.05, 3.63) is 70.5 Å². The van der Waals surface area contributed by atoms with Gasteiger partial charge in [0.05, 0.1) is 15.2 Å². The first-order valence-corrected chi connectivity index (χ1v) is 9.78. The van der Waals surface area contributed by atoms with E-state index in [0.717, 1.165) is 21.3 Å². The lowest BCUT2D eigenvalue weighted by Crippen LogP contribution is -2.14. The van der Waals surface area contributed by atoms with Gasteiger partial charge in [0.2, 0.25) is 0 Å². The molecule has 0 aliphatic heterocycles. The summed E-state index contributed by atoms with van der Waals surface area (Å²) in [4.78, 5) is 16.9. The first-order valence-electron chi connectivity index (χ1n) is 8.59. The number of carbonyl (C=O) groups excluding carboxylic acids is 1. The highest BCUT2D eigenvalue weighted by atomic mass is 35.5. The maximum absolute atomic E-state index is 12.5. The summed E-state index contributed by atoms with van der Waals surface area (Å²) in [6.45, 7) is 4.13. The fourth-order valence-electron chi connectivity index (χ4n) is 2.66. The van der Waals surface area contributed by atoms with Crippen molar-refractivity contribution in [2.75, 3.05) is 5.32 Å². The molecule has 0 fully saturated rings. The van der Waals surface area contributed by atoms with Crippen LogP contribution in [0.1, 0.15) is 21.6 Å². The first-order chi connectivity index (χ1) is 13.5. The first kappa shape index (κ1) is 18.5. The van der Waals surface area contributed by atoms with Gasteiger partial charge in [-0.25, -0.2) is 9.67 Å². The highest BCUT2D eigenvalue weighted by Gasteiger charge is 2.13. The summed E-state index contributed by atoms with van der Waals surface area (Å²) in [6.07, 6.45) is 1.68. The minimum atomic E-state index is -0.317. The summed E-state index contributed by atoms with van der Waals surface area (Å²) in [6, 6.07) is 13.2. The number of fused-ring (bicyclic) bond motifs is 1. The lowest BCUT2D eigenvalue weighted by molar-refractivity contribution is 0.102. The molecule has 2 aromatic heterocycles. The van der Waals surface area contributed by atoms with Crippen LogP contribution in [-0.4, -0.2) is 20.7 Å². The van der Waals surface area contributed by atoms with E-state index in [1.54, 1.807) is 18.3 Å². The molecule has 4 rings (SSSR count). The van der Waals surface area contributed by atoms with E-state index in [4.69, 9.17) is 16.3 Å². The van der Waals surface area contributed by atoms with Crippen molar-refractivity contribution in [3.63, 3.8) is 0 Å². The van der Waals surface area contributed by atoms with E-state index >= 15 is 0 Å². The van der Waals surface area contributed by atoms with Crippen molar-refractivity contribution in [2.24, 2.45) is 0 Å². The number of rotatable bonds is 5. The third-order valence-corrected chi connectivity index (χ3v) is 5.32. The molecular weight excluding hydrogens is 396 g/mol. The van der Waals surface area contributed by atoms with E-state index in [1.807, 2.05) is 44.2 Å². The summed E-state index contributed by atoms with van der Waals surface area (Å²) >= 11 is 7.56. The number of aromatic nitrogens is 3. The zero-order chi connectivity index (χ0) is 19.7. The Kier molecular flexibility index (Phi) is 5.02. The van der Waals surface area contributed by atoms with Crippen LogP contribution < -0.4 is 10.1 Å². The number of thiazole rings is 1. The Labute approximate surface area is 170 Å². The Bertz CT molecular complexity index is 1170. The molecule has 142 valence electrons. The summed E-state index contributed by atoms with van der Waals surface area (Å²) in [5.74, 6) is 0.260. The lowest BCUT2D eigenvalue weighted by Gasteiger charge is -2.08. The molecule has 1 N–H and O–H groups in total. The predicted octanol–water partition coefficient (Wildman–Crippen LogP) is 5.05. The molecule has 0 saturated heterocycles. The van der Waals surface area contributed by atoms with Gasteiger partial charge in [-0.3, -0.25) is 10.1 Å². The fourth-order valence-corrected chi connectivity index (χ4v) is 3.79. The Morgan fingerprint density at radius 1 is 1.18 bits per heavy atom. The molecular formula is C20H17ClN4O2S. The Morgan fingerprint density at radius 3 is 2.82 bits per heavy atom. The molecule has 0 aliphatic rings. The number of nitrogens with zero attached hydrogens (tertiary/aromatic N) is 3. The zero-order valence-electron chi connectivity index (χ0n) is 15.3. The summed E-state index contributed by atoms with van der Waals surface area (Å²) in [5, 5.41) is 8.13. The minimum absolute atomic E-state index is 0.150. The molecule has 0 atom stereocenters. The monoisotopic (exact) mass is 412 g/mol. The summed E-state index contributed by atoms with van der Waals surface area (Å²) in [7, 11) is 0. The van der Waals surface area contributed by atoms with Crippen molar-refractivity contribution >= 4 is 44.2 Å². The largest absolute Gasteiger partial charge is 0.470 e. The number of halogens is 1. The van der Waals surface area contributed by atoms with Crippen LogP contribution in [0.3, 0.4) is 0 Å². The second-order valence-electron chi connectivity index (χ2n) is 6.39. The van der Waals surface area contributed by atoms with Gasteiger partial charge >= 0.3 is 0 Å². The average molecular weight is 413 g/mol. The highest BCUT2D eigenvalue weighted by molar-refractivity contribution is 7.22. The van der Waals surface area contributed by atoms with Gasteiger partial charge in [-0.2, -0.15) is 5.10 Å². The number of ether oxygens (including phenoxy) is 1. The predicted molar refractivity (Wildman–Crippen MR) is 111 cm³/mol. The molecule has 0 unspecified atom stereocenters. The lowest BCUT2D eigenvalue weighted by atomic mass is 10.2. The fraction of sp³-hybridized carbons (Fsp3) is 0.150. The zero-order valence-corrected chi connectivity index (χ0v) is 16.8. The van der Waals surface area contributed by atoms with Gasteiger partial charge in [0.15, 0.2) is 17.6 Å². The quantitative estimate of drug-likeness (QED) is 0.498. The number of hydrogen-bond acceptors (Lipinski definition) is 5. The second-order valence-corrected chi connectivity index (χ2v) is 7.83. The SMILES string of the molecule is Cc1ccc(Cl)c(OCn2ccc(C(=O)Nc3nc4ccc(C)cc4s3)n2)c1. The number of amides is 1. The van der Waals surface area contributed by atoms with Gasteiger partial charge < -0.3 is 4.74 Å². The standard InChI is InChI=1S/C20H17ClN4O2S/c1-12-3-5-14(21)17(9-12)27-11-25-8-7-16(24-25)19(26)23-20-22-15-6-4-13(2)10-18(15)28-20/h3-10H,11H2,1-2H3,(H,22,23,26). The van der Waals surface area contributed by atoms with Crippen molar-refractivity contribution < 1.29 is 9.53 Å². The molecule has 2 heterocycles. The molecule has 8 heteroatoms. The number of aryl methyl sites for hydroxylation is 2. The van der Waals surface area contributed by atoms with Crippen LogP contribution >= 0.6 is 22.9 Å². The van der Waals surface area contributed by atoms with Crippen molar-refractivity contribution in [1.29, 1.82) is 0 Å². The highest BCUT2D eigenvalue weighted by Crippen LogP contribution is 2.27. The number of anilines is 1. The summed E-state index contributed by atoms with van der Waals surface area (Å²) < 4.78 is 8.26. The number of carbonyl (C=O) groups is 1. The van der Waals surface area contributed by atoms with Gasteiger partial charge in [0.1, 0.15) is 5.75 Å². The van der Waals surface area contributed by atoms with Crippen molar-refractivity contribution in [2.45, 2.75) is 20.6 Å². The van der Waals surface area contributed by atoms with E-state index in [9.17, 15) is 4.79 Å². The van der Waals surface area contributed by atoms with Crippen LogP contribution in [0.2, 0.25) is 5.02 Å². The van der Waals surface area contributed by atoms with Crippen LogP contribution in [0.5, 0.6) is 5.75 Å². The van der Waals surface area contributed by atoms with Crippen LogP contribution in [0.25, 0.3) is 10.2 Å². The van der Waals surface area contributed by atoms with Crippen LogP contribution in [0, 0.1) is 13.8 Å². The minimum Gasteiger partial charge on any atom is -0.470 e. The van der Waals surface area contributed by atoms with E-state index in [-0.39, 0.29) is 18.3 Å². The van der Waals surface area contributed by atoms with Gasteiger partial charge in [-0.05, 0) is 55.3 Å². The summed E-state index contributed by atoms with van der Waals surface area (Å²) in [5.41, 5.74) is 3.35. The second kappa shape index (κ2) is 7.61. The van der Waals surface area contributed by atoms with E-state index < -0.39 is 0 Å². The number of nitrogens with one attached hydrogen (secondary N) is 1. The Balaban J connectivity index is 1.42. The van der Waals surface area contributed by atoms with Gasteiger partial charge in [0, 0.05) is 6.20 Å². The van der Waals surface area contributed by atoms with Crippen LogP contribution in [0.4, 0.5) is 5.13 Å². The number of benzene rings is 2. The third kappa shape index (κ3) is 4.00. The van der Waals surface area contributed by atoms with Gasteiger partial charge in [0.25, 0.3) is 5.91 Å². The van der Waals surface area contributed by atoms with E-state index in [1.165, 1.54) is 16.0 Å². The van der Waals surface area contributed by atoms with E-state index in [2.05, 4.69) is 15.4 Å². The van der Waals surface area contributed by atoms with Crippen LogP contribution in [0.15, 0.2) is 48.7 Å². The third-order valence-electron chi connectivity index (χ3n) is 4.08. The molecule has 0 saturated carbocycles. The Hall–Kier alpha value is -2.90. The molecule has 1 amide bonds. The smallest absolute Gasteiger partial charge is 0.277 e. The molecule has 6 nitrogen and oxygen atoms in total. The topological polar surface area (TPSA) is 69.0 Å². The molecule has 0 spiro atoms. The molecule has 4 aromatic rings.